The van der Waals surface area contributed by atoms with E-state index in [1.165, 1.54) is 0 Å². The van der Waals surface area contributed by atoms with Crippen LogP contribution in [0.3, 0.4) is 0 Å². The minimum atomic E-state index is 0. The Morgan fingerprint density at radius 3 is 3.00 bits per heavy atom. The smallest absolute Gasteiger partial charge is 0 e. The summed E-state index contributed by atoms with van der Waals surface area (Å²) in [6, 6.07) is 2.04. The van der Waals surface area contributed by atoms with E-state index >= 15 is 0 Å². The predicted octanol–water partition coefficient (Wildman–Crippen LogP) is 3.02. The summed E-state index contributed by atoms with van der Waals surface area (Å²) in [5.74, 6) is 4.00. The molecule has 0 saturated carbocycles. The minimum absolute atomic E-state index is 0. The van der Waals surface area contributed by atoms with Gasteiger partial charge in [-0.2, -0.15) is 0 Å². The Bertz CT molecular complexity index is 436. The zero-order valence-electron chi connectivity index (χ0n) is 8.07. The summed E-state index contributed by atoms with van der Waals surface area (Å²) in [7, 11) is 4.79. The average molecular weight is 510 g/mol. The number of hydrogen-bond donors (Lipinski definition) is 0. The second-order valence-corrected chi connectivity index (χ2v) is 5.52. The zero-order valence-corrected chi connectivity index (χ0v) is 16.7. The summed E-state index contributed by atoms with van der Waals surface area (Å²) in [5, 5.41) is 2.88. The molecule has 0 aliphatic heterocycles. The molecule has 0 aliphatic rings. The molecule has 0 atom stereocenters. The van der Waals surface area contributed by atoms with Crippen LogP contribution in [0.4, 0.5) is 0 Å². The molecule has 1 rings (SSSR count). The molecule has 6 heteroatoms. The second kappa shape index (κ2) is 9.29. The maximum Gasteiger partial charge on any atom is 0 e. The Labute approximate surface area is 128 Å². The predicted molar refractivity (Wildman–Crippen MR) is 76.6 cm³/mol. The van der Waals surface area contributed by atoms with Crippen LogP contribution < -0.4 is 0 Å². The standard InChI is InChI=1S/C9H8BrNPS2.Tl/c1-2-13-9-5-7(10)6-11-8(9)3-4-14-12;/h5-6,14H,2H2,1H3;/q-1;. The third-order valence-electron chi connectivity index (χ3n) is 1.34. The van der Waals surface area contributed by atoms with Crippen molar-refractivity contribution in [3.63, 3.8) is 0 Å². The van der Waals surface area contributed by atoms with Crippen LogP contribution in [-0.4, -0.2) is 38.0 Å². The molecule has 77 valence electrons. The Kier molecular flexibility index (Phi) is 10.1. The molecule has 1 radical (unpaired) electrons. The largest absolute Gasteiger partial charge is 0 e. The van der Waals surface area contributed by atoms with Gasteiger partial charge in [-0.3, -0.25) is 0 Å². The van der Waals surface area contributed by atoms with Crippen molar-refractivity contribution in [2.24, 2.45) is 0 Å². The van der Waals surface area contributed by atoms with Crippen LogP contribution in [0.15, 0.2) is 21.6 Å². The molecule has 0 spiro atoms. The summed E-state index contributed by atoms with van der Waals surface area (Å²) < 4.78 is 0.988. The van der Waals surface area contributed by atoms with Crippen LogP contribution in [0.1, 0.15) is 12.6 Å². The number of thiol groups is 1. The van der Waals surface area contributed by atoms with Crippen molar-refractivity contribution >= 4 is 73.5 Å². The fourth-order valence-electron chi connectivity index (χ4n) is 0.858. The van der Waals surface area contributed by atoms with Crippen LogP contribution in [0, 0.1) is 11.2 Å². The average Bonchev–Trinajstić information content (AvgIpc) is 2.17. The summed E-state index contributed by atoms with van der Waals surface area (Å²) in [6.45, 7) is 2.11. The fraction of sp³-hybridized carbons (Fsp3) is 0.222. The quantitative estimate of drug-likeness (QED) is 0.152. The van der Waals surface area contributed by atoms with E-state index in [0.717, 1.165) is 31.6 Å². The number of nitrogens with zero attached hydrogens (tertiary/aromatic N) is 1. The van der Waals surface area contributed by atoms with Gasteiger partial charge >= 0.3 is 102 Å². The van der Waals surface area contributed by atoms with Gasteiger partial charge in [0.1, 0.15) is 0 Å². The van der Waals surface area contributed by atoms with Gasteiger partial charge in [0.05, 0.1) is 0 Å². The topological polar surface area (TPSA) is 12.9 Å². The van der Waals surface area contributed by atoms with Gasteiger partial charge in [0.15, 0.2) is 0 Å². The van der Waals surface area contributed by atoms with Gasteiger partial charge in [0.25, 0.3) is 0 Å². The molecule has 0 saturated heterocycles. The Morgan fingerprint density at radius 1 is 1.67 bits per heavy atom. The first-order chi connectivity index (χ1) is 6.77. The molecule has 0 aromatic carbocycles. The Morgan fingerprint density at radius 2 is 2.40 bits per heavy atom. The molecular formula is C9H8BrNPS2Tl-. The van der Waals surface area contributed by atoms with Crippen LogP contribution in [-0.2, 0) is 10.7 Å². The third-order valence-corrected chi connectivity index (χ3v) is 3.20. The van der Waals surface area contributed by atoms with Gasteiger partial charge in [-0.15, -0.1) is 0 Å². The molecule has 0 unspecified atom stereocenters. The molecule has 15 heavy (non-hydrogen) atoms. The molecule has 1 heterocycles. The normalized spacial score (nSPS) is 8.60. The minimum Gasteiger partial charge on any atom is 0 e. The first-order valence-corrected chi connectivity index (χ1v) is 7.74. The van der Waals surface area contributed by atoms with Crippen molar-refractivity contribution < 1.29 is 0 Å². The summed E-state index contributed by atoms with van der Waals surface area (Å²) in [6.07, 6.45) is 1.76. The first kappa shape index (κ1) is 16.2. The number of hydrogen-bond acceptors (Lipinski definition) is 3. The van der Waals surface area contributed by atoms with Crippen molar-refractivity contribution in [3.8, 4) is 11.2 Å². The molecular weight excluding hydrogens is 502 g/mol. The SMILES string of the molecule is CCSc1cc(Br)cnc1C#C[SH-]#P.[Tl]. The van der Waals surface area contributed by atoms with Crippen LogP contribution in [0.5, 0.6) is 0 Å². The molecule has 1 nitrogen and oxygen atoms in total. The van der Waals surface area contributed by atoms with E-state index in [-0.39, 0.29) is 27.3 Å². The molecule has 0 fully saturated rings. The van der Waals surface area contributed by atoms with Crippen molar-refractivity contribution in [1.29, 1.82) is 0 Å². The zero-order chi connectivity index (χ0) is 10.4. The van der Waals surface area contributed by atoms with E-state index in [9.17, 15) is 0 Å². The molecule has 1 aromatic heterocycles. The van der Waals surface area contributed by atoms with E-state index in [1.54, 1.807) is 18.0 Å². The Balaban J connectivity index is 0.00000196. The van der Waals surface area contributed by atoms with E-state index < -0.39 is 0 Å². The fourth-order valence-corrected chi connectivity index (χ4v) is 2.41. The van der Waals surface area contributed by atoms with E-state index in [1.807, 2.05) is 6.07 Å². The number of rotatable bonds is 2. The maximum atomic E-state index is 4.25. The number of thioether (sulfide) groups is 1. The van der Waals surface area contributed by atoms with Gasteiger partial charge in [-0.05, 0) is 0 Å². The van der Waals surface area contributed by atoms with E-state index in [2.05, 4.69) is 46.8 Å². The van der Waals surface area contributed by atoms with Gasteiger partial charge in [-0.25, -0.2) is 0 Å². The maximum absolute atomic E-state index is 4.25. The van der Waals surface area contributed by atoms with Crippen LogP contribution >= 0.6 is 35.5 Å². The summed E-state index contributed by atoms with van der Waals surface area (Å²) >= 11 is 5.14. The van der Waals surface area contributed by atoms with Gasteiger partial charge in [0, 0.05) is 27.3 Å². The molecule has 0 bridgehead atoms. The van der Waals surface area contributed by atoms with Crippen molar-refractivity contribution in [2.45, 2.75) is 11.8 Å². The van der Waals surface area contributed by atoms with E-state index in [0.29, 0.717) is 0 Å². The molecule has 0 N–H and O–H groups in total. The second-order valence-electron chi connectivity index (χ2n) is 2.27. The summed E-state index contributed by atoms with van der Waals surface area (Å²) in [5.41, 5.74) is 0.835. The monoisotopic (exact) mass is 509 g/mol. The van der Waals surface area contributed by atoms with E-state index in [4.69, 9.17) is 0 Å². The van der Waals surface area contributed by atoms with Gasteiger partial charge in [-0.1, -0.05) is 0 Å². The van der Waals surface area contributed by atoms with Gasteiger partial charge in [0.2, 0.25) is 0 Å². The Hall–Kier alpha value is 1.24. The first-order valence-electron chi connectivity index (χ1n) is 3.91. The number of aromatic nitrogens is 1. The number of pyridine rings is 1. The molecule has 0 aliphatic carbocycles. The van der Waals surface area contributed by atoms with Crippen molar-refractivity contribution in [1.82, 2.24) is 4.98 Å². The molecule has 0 amide bonds. The third kappa shape index (κ3) is 5.92. The number of halogens is 1. The summed E-state index contributed by atoms with van der Waals surface area (Å²) in [4.78, 5) is 5.37. The van der Waals surface area contributed by atoms with Crippen molar-refractivity contribution in [2.75, 3.05) is 5.75 Å². The molecule has 1 aromatic rings. The van der Waals surface area contributed by atoms with Crippen LogP contribution in [0.25, 0.3) is 0 Å². The van der Waals surface area contributed by atoms with Crippen molar-refractivity contribution in [3.05, 3.63) is 22.4 Å². The van der Waals surface area contributed by atoms with Crippen LogP contribution in [0.2, 0.25) is 0 Å². The van der Waals surface area contributed by atoms with Gasteiger partial charge < -0.3 is 0 Å².